The van der Waals surface area contributed by atoms with E-state index in [9.17, 15) is 4.79 Å². The number of benzene rings is 1. The minimum absolute atomic E-state index is 0.0137. The van der Waals surface area contributed by atoms with Gasteiger partial charge in [-0.15, -0.1) is 0 Å². The molecule has 3 aromatic rings. The van der Waals surface area contributed by atoms with Gasteiger partial charge in [-0.1, -0.05) is 36.9 Å². The van der Waals surface area contributed by atoms with Crippen molar-refractivity contribution in [2.24, 2.45) is 0 Å². The van der Waals surface area contributed by atoms with Crippen LogP contribution < -0.4 is 5.32 Å². The molecule has 5 nitrogen and oxygen atoms in total. The highest BCUT2D eigenvalue weighted by atomic mass is 32.2. The number of carbonyl (C=O) groups excluding carboxylic acids is 1. The second kappa shape index (κ2) is 6.83. The number of thioether (sulfide) groups is 1. The lowest BCUT2D eigenvalue weighted by molar-refractivity contribution is -0.115. The number of imidazole rings is 1. The lowest BCUT2D eigenvalue weighted by Crippen LogP contribution is -2.25. The van der Waals surface area contributed by atoms with Crippen molar-refractivity contribution < 1.29 is 4.79 Å². The van der Waals surface area contributed by atoms with E-state index in [2.05, 4.69) is 20.3 Å². The predicted octanol–water partition coefficient (Wildman–Crippen LogP) is 3.78. The first kappa shape index (κ1) is 15.6. The van der Waals surface area contributed by atoms with Gasteiger partial charge in [-0.05, 0) is 37.1 Å². The molecule has 1 atom stereocenters. The average Bonchev–Trinajstić information content (AvgIpc) is 2.97. The molecule has 1 amide bonds. The van der Waals surface area contributed by atoms with Crippen molar-refractivity contribution in [2.45, 2.75) is 30.7 Å². The Morgan fingerprint density at radius 3 is 2.87 bits per heavy atom. The van der Waals surface area contributed by atoms with E-state index in [0.717, 1.165) is 16.8 Å². The van der Waals surface area contributed by atoms with Crippen LogP contribution in [0.1, 0.15) is 18.9 Å². The SMILES string of the molecule is CCC(Sc1nc2ncccc2[nH]1)C(=O)Nc1ccccc1C. The Balaban J connectivity index is 1.74. The molecule has 23 heavy (non-hydrogen) atoms. The Labute approximate surface area is 138 Å². The highest BCUT2D eigenvalue weighted by molar-refractivity contribution is 8.00. The molecule has 118 valence electrons. The number of para-hydroxylation sites is 1. The smallest absolute Gasteiger partial charge is 0.237 e. The maximum Gasteiger partial charge on any atom is 0.237 e. The topological polar surface area (TPSA) is 70.7 Å². The van der Waals surface area contributed by atoms with E-state index in [-0.39, 0.29) is 11.2 Å². The third kappa shape index (κ3) is 3.53. The molecular weight excluding hydrogens is 308 g/mol. The number of fused-ring (bicyclic) bond motifs is 1. The normalized spacial score (nSPS) is 12.3. The first-order valence-electron chi connectivity index (χ1n) is 7.51. The number of rotatable bonds is 5. The molecule has 0 aliphatic carbocycles. The minimum Gasteiger partial charge on any atom is -0.332 e. The molecule has 1 unspecified atom stereocenters. The van der Waals surface area contributed by atoms with Gasteiger partial charge in [0.15, 0.2) is 10.8 Å². The van der Waals surface area contributed by atoms with Gasteiger partial charge in [0, 0.05) is 11.9 Å². The number of aryl methyl sites for hydroxylation is 1. The van der Waals surface area contributed by atoms with Crippen LogP contribution in [0.5, 0.6) is 0 Å². The van der Waals surface area contributed by atoms with Crippen molar-refractivity contribution in [2.75, 3.05) is 5.32 Å². The summed E-state index contributed by atoms with van der Waals surface area (Å²) in [6.45, 7) is 3.98. The summed E-state index contributed by atoms with van der Waals surface area (Å²) >= 11 is 1.43. The van der Waals surface area contributed by atoms with Crippen LogP contribution in [0.25, 0.3) is 11.2 Å². The monoisotopic (exact) mass is 326 g/mol. The number of amides is 1. The molecular formula is C17H18N4OS. The summed E-state index contributed by atoms with van der Waals surface area (Å²) < 4.78 is 0. The van der Waals surface area contributed by atoms with Gasteiger partial charge in [0.1, 0.15) is 0 Å². The van der Waals surface area contributed by atoms with E-state index in [1.54, 1.807) is 6.20 Å². The Bertz CT molecular complexity index is 797. The van der Waals surface area contributed by atoms with Gasteiger partial charge in [0.25, 0.3) is 0 Å². The van der Waals surface area contributed by atoms with E-state index in [0.29, 0.717) is 17.2 Å². The van der Waals surface area contributed by atoms with Crippen LogP contribution in [-0.2, 0) is 4.79 Å². The Kier molecular flexibility index (Phi) is 4.62. The van der Waals surface area contributed by atoms with Crippen LogP contribution >= 0.6 is 11.8 Å². The molecule has 0 radical (unpaired) electrons. The number of carbonyl (C=O) groups is 1. The summed E-state index contributed by atoms with van der Waals surface area (Å²) in [5, 5.41) is 3.50. The van der Waals surface area contributed by atoms with E-state index < -0.39 is 0 Å². The molecule has 0 aliphatic rings. The van der Waals surface area contributed by atoms with Gasteiger partial charge < -0.3 is 10.3 Å². The number of hydrogen-bond acceptors (Lipinski definition) is 4. The highest BCUT2D eigenvalue weighted by Crippen LogP contribution is 2.26. The van der Waals surface area contributed by atoms with Crippen LogP contribution in [0.2, 0.25) is 0 Å². The standard InChI is InChI=1S/C17H18N4OS/c1-3-14(16(22)19-12-8-5-4-7-11(12)2)23-17-20-13-9-6-10-18-15(13)21-17/h4-10,14H,3H2,1-2H3,(H,19,22)(H,18,20,21). The van der Waals surface area contributed by atoms with Gasteiger partial charge in [0.2, 0.25) is 5.91 Å². The van der Waals surface area contributed by atoms with Crippen LogP contribution in [0.4, 0.5) is 5.69 Å². The Morgan fingerprint density at radius 2 is 2.13 bits per heavy atom. The zero-order valence-corrected chi connectivity index (χ0v) is 13.9. The number of nitrogens with zero attached hydrogens (tertiary/aromatic N) is 2. The molecule has 0 aliphatic heterocycles. The predicted molar refractivity (Wildman–Crippen MR) is 93.6 cm³/mol. The number of nitrogens with one attached hydrogen (secondary N) is 2. The molecule has 2 aromatic heterocycles. The minimum atomic E-state index is -0.213. The molecule has 0 spiro atoms. The van der Waals surface area contributed by atoms with Crippen LogP contribution in [0.15, 0.2) is 47.8 Å². The van der Waals surface area contributed by atoms with Crippen LogP contribution in [-0.4, -0.2) is 26.1 Å². The second-order valence-electron chi connectivity index (χ2n) is 5.24. The number of anilines is 1. The molecule has 2 heterocycles. The first-order valence-corrected chi connectivity index (χ1v) is 8.39. The first-order chi connectivity index (χ1) is 11.2. The van der Waals surface area contributed by atoms with E-state index in [1.165, 1.54) is 11.8 Å². The van der Waals surface area contributed by atoms with Gasteiger partial charge >= 0.3 is 0 Å². The lowest BCUT2D eigenvalue weighted by Gasteiger charge is -2.14. The summed E-state index contributed by atoms with van der Waals surface area (Å²) in [4.78, 5) is 24.4. The molecule has 1 aromatic carbocycles. The van der Waals surface area contributed by atoms with E-state index >= 15 is 0 Å². The largest absolute Gasteiger partial charge is 0.332 e. The van der Waals surface area contributed by atoms with E-state index in [1.807, 2.05) is 50.2 Å². The number of H-pyrrole nitrogens is 1. The maximum absolute atomic E-state index is 12.5. The summed E-state index contributed by atoms with van der Waals surface area (Å²) in [5.74, 6) is -0.0137. The Morgan fingerprint density at radius 1 is 1.30 bits per heavy atom. The lowest BCUT2D eigenvalue weighted by atomic mass is 10.2. The van der Waals surface area contributed by atoms with Crippen molar-refractivity contribution >= 4 is 34.5 Å². The molecule has 0 fully saturated rings. The second-order valence-corrected chi connectivity index (χ2v) is 6.43. The third-order valence-corrected chi connectivity index (χ3v) is 4.80. The van der Waals surface area contributed by atoms with Crippen molar-refractivity contribution in [1.29, 1.82) is 0 Å². The summed E-state index contributed by atoms with van der Waals surface area (Å²) in [7, 11) is 0. The van der Waals surface area contributed by atoms with Gasteiger partial charge in [0.05, 0.1) is 10.8 Å². The quantitative estimate of drug-likeness (QED) is 0.700. The van der Waals surface area contributed by atoms with Gasteiger partial charge in [-0.3, -0.25) is 4.79 Å². The summed E-state index contributed by atoms with van der Waals surface area (Å²) in [5.41, 5.74) is 3.45. The van der Waals surface area contributed by atoms with Crippen LogP contribution in [0, 0.1) is 6.92 Å². The molecule has 0 bridgehead atoms. The van der Waals surface area contributed by atoms with Crippen molar-refractivity contribution in [1.82, 2.24) is 15.0 Å². The fraction of sp³-hybridized carbons (Fsp3) is 0.235. The van der Waals surface area contributed by atoms with Gasteiger partial charge in [-0.2, -0.15) is 0 Å². The number of aromatic amines is 1. The zero-order chi connectivity index (χ0) is 16.2. The summed E-state index contributed by atoms with van der Waals surface area (Å²) in [6, 6.07) is 11.6. The van der Waals surface area contributed by atoms with Gasteiger partial charge in [-0.25, -0.2) is 9.97 Å². The molecule has 2 N–H and O–H groups in total. The van der Waals surface area contributed by atoms with E-state index in [4.69, 9.17) is 0 Å². The molecule has 0 saturated carbocycles. The third-order valence-electron chi connectivity index (χ3n) is 3.56. The van der Waals surface area contributed by atoms with Crippen LogP contribution in [0.3, 0.4) is 0 Å². The molecule has 6 heteroatoms. The number of pyridine rings is 1. The molecule has 3 rings (SSSR count). The fourth-order valence-corrected chi connectivity index (χ4v) is 3.17. The number of aromatic nitrogens is 3. The van der Waals surface area contributed by atoms with Crippen molar-refractivity contribution in [3.05, 3.63) is 48.2 Å². The van der Waals surface area contributed by atoms with Crippen molar-refractivity contribution in [3.8, 4) is 0 Å². The maximum atomic E-state index is 12.5. The highest BCUT2D eigenvalue weighted by Gasteiger charge is 2.20. The number of hydrogen-bond donors (Lipinski definition) is 2. The Hall–Kier alpha value is -2.34. The zero-order valence-electron chi connectivity index (χ0n) is 13.0. The fourth-order valence-electron chi connectivity index (χ4n) is 2.26. The molecule has 0 saturated heterocycles. The summed E-state index contributed by atoms with van der Waals surface area (Å²) in [6.07, 6.45) is 2.42. The average molecular weight is 326 g/mol. The van der Waals surface area contributed by atoms with Crippen molar-refractivity contribution in [3.63, 3.8) is 0 Å².